The molecule has 0 aliphatic carbocycles. The number of thiazole rings is 1. The van der Waals surface area contributed by atoms with Gasteiger partial charge in [-0.1, -0.05) is 6.07 Å². The lowest BCUT2D eigenvalue weighted by Crippen LogP contribution is -2.41. The molecule has 2 aromatic carbocycles. The van der Waals surface area contributed by atoms with Gasteiger partial charge in [-0.15, -0.1) is 23.1 Å². The Bertz CT molecular complexity index is 1110. The van der Waals surface area contributed by atoms with Crippen molar-refractivity contribution in [3.05, 3.63) is 52.3 Å². The number of carbonyl (C=O) groups excluding carboxylic acids is 1. The molecule has 1 atom stereocenters. The summed E-state index contributed by atoms with van der Waals surface area (Å²) >= 11 is 2.72. The molecule has 0 radical (unpaired) electrons. The fourth-order valence-electron chi connectivity index (χ4n) is 3.37. The predicted octanol–water partition coefficient (Wildman–Crippen LogP) is 4.53. The van der Waals surface area contributed by atoms with Crippen LogP contribution < -0.4 is 4.90 Å². The molecule has 1 unspecified atom stereocenters. The highest BCUT2D eigenvalue weighted by molar-refractivity contribution is 8.01. The van der Waals surface area contributed by atoms with E-state index in [1.54, 1.807) is 11.0 Å². The van der Waals surface area contributed by atoms with Crippen LogP contribution in [0.3, 0.4) is 0 Å². The first-order chi connectivity index (χ1) is 13.3. The van der Waals surface area contributed by atoms with Gasteiger partial charge in [0.05, 0.1) is 34.1 Å². The van der Waals surface area contributed by atoms with Gasteiger partial charge in [-0.05, 0) is 43.2 Å². The number of carbonyl (C=O) groups is 2. The smallest absolute Gasteiger partial charge is 0.305 e. The molecule has 28 heavy (non-hydrogen) atoms. The molecule has 3 aromatic rings. The van der Waals surface area contributed by atoms with E-state index in [0.29, 0.717) is 10.5 Å². The highest BCUT2D eigenvalue weighted by Gasteiger charge is 2.36. The first kappa shape index (κ1) is 18.9. The van der Waals surface area contributed by atoms with Gasteiger partial charge in [-0.2, -0.15) is 0 Å². The number of aliphatic carboxylic acids is 1. The zero-order chi connectivity index (χ0) is 20.0. The van der Waals surface area contributed by atoms with Crippen LogP contribution >= 0.6 is 23.1 Å². The lowest BCUT2D eigenvalue weighted by molar-refractivity contribution is -0.138. The van der Waals surface area contributed by atoms with Crippen LogP contribution in [-0.4, -0.2) is 27.2 Å². The molecular formula is C20H17FN2O3S2. The van der Waals surface area contributed by atoms with E-state index >= 15 is 0 Å². The third-order valence-corrected chi connectivity index (χ3v) is 6.98. The van der Waals surface area contributed by atoms with E-state index in [2.05, 4.69) is 4.98 Å². The second-order valence-corrected chi connectivity index (χ2v) is 9.11. The van der Waals surface area contributed by atoms with Crippen molar-refractivity contribution < 1.29 is 19.1 Å². The SMILES string of the molecule is Cc1cc(C)c2c(c1)N(Cc1nc3cc(F)ccc3s1)C(=O)C(CC(=O)O)S2. The number of anilines is 1. The van der Waals surface area contributed by atoms with Crippen molar-refractivity contribution in [2.75, 3.05) is 4.90 Å². The Hall–Kier alpha value is -2.45. The number of benzene rings is 2. The van der Waals surface area contributed by atoms with Gasteiger partial charge in [0.15, 0.2) is 0 Å². The van der Waals surface area contributed by atoms with Crippen LogP contribution in [0, 0.1) is 19.7 Å². The van der Waals surface area contributed by atoms with Gasteiger partial charge in [0.1, 0.15) is 10.8 Å². The van der Waals surface area contributed by atoms with E-state index in [4.69, 9.17) is 0 Å². The molecule has 5 nitrogen and oxygen atoms in total. The van der Waals surface area contributed by atoms with Gasteiger partial charge in [-0.25, -0.2) is 9.37 Å². The average Bonchev–Trinajstić information content (AvgIpc) is 3.00. The van der Waals surface area contributed by atoms with Crippen LogP contribution in [0.2, 0.25) is 0 Å². The summed E-state index contributed by atoms with van der Waals surface area (Å²) in [5.74, 6) is -1.60. The van der Waals surface area contributed by atoms with E-state index in [1.165, 1.54) is 35.2 Å². The first-order valence-electron chi connectivity index (χ1n) is 8.68. The number of aromatic nitrogens is 1. The maximum absolute atomic E-state index is 13.5. The highest BCUT2D eigenvalue weighted by Crippen LogP contribution is 2.44. The van der Waals surface area contributed by atoms with Gasteiger partial charge < -0.3 is 10.0 Å². The number of hydrogen-bond acceptors (Lipinski definition) is 5. The summed E-state index contributed by atoms with van der Waals surface area (Å²) < 4.78 is 14.3. The van der Waals surface area contributed by atoms with Crippen LogP contribution in [0.1, 0.15) is 22.6 Å². The Morgan fingerprint density at radius 2 is 2.07 bits per heavy atom. The number of nitrogens with zero attached hydrogens (tertiary/aromatic N) is 2. The number of halogens is 1. The second-order valence-electron chi connectivity index (χ2n) is 6.78. The molecule has 0 fully saturated rings. The molecule has 8 heteroatoms. The van der Waals surface area contributed by atoms with E-state index in [-0.39, 0.29) is 24.7 Å². The predicted molar refractivity (Wildman–Crippen MR) is 109 cm³/mol. The Morgan fingerprint density at radius 1 is 1.29 bits per heavy atom. The molecule has 0 saturated carbocycles. The summed E-state index contributed by atoms with van der Waals surface area (Å²) in [5, 5.41) is 9.21. The largest absolute Gasteiger partial charge is 0.481 e. The van der Waals surface area contributed by atoms with Crippen LogP contribution in [0.15, 0.2) is 35.2 Å². The number of hydrogen-bond donors (Lipinski definition) is 1. The second kappa shape index (κ2) is 7.18. The van der Waals surface area contributed by atoms with E-state index in [0.717, 1.165) is 26.4 Å². The van der Waals surface area contributed by atoms with E-state index in [9.17, 15) is 19.1 Å². The third-order valence-electron chi connectivity index (χ3n) is 4.54. The number of rotatable bonds is 4. The van der Waals surface area contributed by atoms with Gasteiger partial charge in [-0.3, -0.25) is 9.59 Å². The monoisotopic (exact) mass is 416 g/mol. The van der Waals surface area contributed by atoms with Crippen LogP contribution in [0.4, 0.5) is 10.1 Å². The number of carboxylic acid groups (broad SMARTS) is 1. The normalized spacial score (nSPS) is 16.5. The van der Waals surface area contributed by atoms with Gasteiger partial charge in [0.25, 0.3) is 0 Å². The zero-order valence-corrected chi connectivity index (χ0v) is 16.9. The molecule has 0 spiro atoms. The lowest BCUT2D eigenvalue weighted by Gasteiger charge is -2.34. The number of amides is 1. The summed E-state index contributed by atoms with van der Waals surface area (Å²) in [5.41, 5.74) is 3.37. The molecule has 1 aromatic heterocycles. The minimum atomic E-state index is -1.01. The van der Waals surface area contributed by atoms with Crippen molar-refractivity contribution in [1.82, 2.24) is 4.98 Å². The number of fused-ring (bicyclic) bond motifs is 2. The molecule has 1 N–H and O–H groups in total. The molecule has 2 heterocycles. The molecule has 1 aliphatic rings. The third kappa shape index (κ3) is 3.49. The number of carboxylic acids is 1. The minimum absolute atomic E-state index is 0.229. The van der Waals surface area contributed by atoms with Crippen molar-refractivity contribution >= 4 is 50.9 Å². The van der Waals surface area contributed by atoms with Gasteiger partial charge in [0.2, 0.25) is 5.91 Å². The standard InChI is InChI=1S/C20H17FN2O3S2/c1-10-5-11(2)19-14(6-10)23(20(26)16(28-19)8-18(24)25)9-17-22-13-7-12(21)3-4-15(13)27-17/h3-7,16H,8-9H2,1-2H3,(H,24,25). The molecule has 1 amide bonds. The number of thioether (sulfide) groups is 1. The maximum atomic E-state index is 13.5. The lowest BCUT2D eigenvalue weighted by atomic mass is 10.1. The Labute approximate surface area is 169 Å². The fraction of sp³-hybridized carbons (Fsp3) is 0.250. The minimum Gasteiger partial charge on any atom is -0.481 e. The van der Waals surface area contributed by atoms with Gasteiger partial charge in [0, 0.05) is 11.0 Å². The summed E-state index contributed by atoms with van der Waals surface area (Å²) in [6.45, 7) is 4.15. The summed E-state index contributed by atoms with van der Waals surface area (Å²) in [6.07, 6.45) is -0.238. The molecular weight excluding hydrogens is 399 g/mol. The van der Waals surface area contributed by atoms with Crippen molar-refractivity contribution in [3.63, 3.8) is 0 Å². The topological polar surface area (TPSA) is 70.5 Å². The van der Waals surface area contributed by atoms with Crippen LogP contribution in [-0.2, 0) is 16.1 Å². The quantitative estimate of drug-likeness (QED) is 0.676. The summed E-state index contributed by atoms with van der Waals surface area (Å²) in [7, 11) is 0. The van der Waals surface area contributed by atoms with Crippen molar-refractivity contribution in [2.24, 2.45) is 0 Å². The maximum Gasteiger partial charge on any atom is 0.305 e. The fourth-order valence-corrected chi connectivity index (χ4v) is 5.58. The molecule has 1 aliphatic heterocycles. The van der Waals surface area contributed by atoms with E-state index < -0.39 is 11.2 Å². The van der Waals surface area contributed by atoms with Crippen molar-refractivity contribution in [1.29, 1.82) is 0 Å². The van der Waals surface area contributed by atoms with Crippen LogP contribution in [0.5, 0.6) is 0 Å². The molecule has 144 valence electrons. The zero-order valence-electron chi connectivity index (χ0n) is 15.2. The Kier molecular flexibility index (Phi) is 4.84. The average molecular weight is 416 g/mol. The van der Waals surface area contributed by atoms with Crippen molar-refractivity contribution in [2.45, 2.75) is 37.0 Å². The molecule has 0 bridgehead atoms. The number of aryl methyl sites for hydroxylation is 2. The van der Waals surface area contributed by atoms with Gasteiger partial charge >= 0.3 is 5.97 Å². The molecule has 4 rings (SSSR count). The van der Waals surface area contributed by atoms with Crippen LogP contribution in [0.25, 0.3) is 10.2 Å². The molecule has 0 saturated heterocycles. The summed E-state index contributed by atoms with van der Waals surface area (Å²) in [6, 6.07) is 8.40. The Morgan fingerprint density at radius 3 is 2.82 bits per heavy atom. The first-order valence-corrected chi connectivity index (χ1v) is 10.4. The highest BCUT2D eigenvalue weighted by atomic mass is 32.2. The Balaban J connectivity index is 1.76. The van der Waals surface area contributed by atoms with E-state index in [1.807, 2.05) is 26.0 Å². The van der Waals surface area contributed by atoms with Crippen molar-refractivity contribution in [3.8, 4) is 0 Å². The summed E-state index contributed by atoms with van der Waals surface area (Å²) in [4.78, 5) is 31.3.